The Morgan fingerprint density at radius 2 is 0.933 bits per heavy atom. The van der Waals surface area contributed by atoms with Crippen molar-refractivity contribution in [2.45, 2.75) is 9.79 Å². The molecule has 3 heteroatoms. The number of hydrogen-bond donors (Lipinski definition) is 2. The van der Waals surface area contributed by atoms with Crippen molar-refractivity contribution in [2.75, 3.05) is 0 Å². The van der Waals surface area contributed by atoms with Gasteiger partial charge in [-0.05, 0) is 24.3 Å². The van der Waals surface area contributed by atoms with Gasteiger partial charge in [0.05, 0.1) is 0 Å². The molecule has 0 fully saturated rings. The fraction of sp³-hybridized carbons (Fsp3) is 0. The van der Waals surface area contributed by atoms with Crippen LogP contribution >= 0.6 is 10.4 Å². The van der Waals surface area contributed by atoms with Crippen molar-refractivity contribution in [1.29, 1.82) is 0 Å². The largest absolute Gasteiger partial charge is 0.276 e. The first kappa shape index (κ1) is 10.2. The van der Waals surface area contributed by atoms with Crippen molar-refractivity contribution < 1.29 is 0 Å². The Labute approximate surface area is 91.5 Å². The maximum Gasteiger partial charge on any atom is 0.0194 e. The van der Waals surface area contributed by atoms with Gasteiger partial charge in [0.2, 0.25) is 0 Å². The zero-order valence-corrected chi connectivity index (χ0v) is 9.15. The van der Waals surface area contributed by atoms with Gasteiger partial charge in [-0.3, -0.25) is 10.3 Å². The van der Waals surface area contributed by atoms with Crippen LogP contribution in [0, 0.1) is 0 Å². The fourth-order valence-corrected chi connectivity index (χ4v) is 2.91. The van der Waals surface area contributed by atoms with Gasteiger partial charge in [-0.1, -0.05) is 46.8 Å². The van der Waals surface area contributed by atoms with Crippen LogP contribution in [0.1, 0.15) is 0 Å². The molecule has 0 aliphatic carbocycles. The molecule has 0 aliphatic heterocycles. The molecule has 0 amide bonds. The number of benzene rings is 2. The molecule has 0 heterocycles. The van der Waals surface area contributed by atoms with E-state index in [1.807, 2.05) is 60.7 Å². The number of rotatable bonds is 2. The zero-order chi connectivity index (χ0) is 10.7. The van der Waals surface area contributed by atoms with Gasteiger partial charge in [-0.2, -0.15) is 0 Å². The normalized spacial score (nSPS) is 12.4. The monoisotopic (exact) mass is 218 g/mol. The van der Waals surface area contributed by atoms with Crippen LogP contribution in [0.15, 0.2) is 70.5 Å². The van der Waals surface area contributed by atoms with Gasteiger partial charge in [0.15, 0.2) is 0 Å². The molecule has 78 valence electrons. The second-order valence-corrected chi connectivity index (χ2v) is 5.70. The van der Waals surface area contributed by atoms with Crippen LogP contribution < -0.4 is 10.3 Å². The van der Waals surface area contributed by atoms with E-state index < -0.39 is 10.4 Å². The molecule has 0 radical (unpaired) electrons. The molecule has 0 atom stereocenters. The van der Waals surface area contributed by atoms with E-state index >= 15 is 0 Å². The first-order valence-corrected chi connectivity index (χ1v) is 6.46. The minimum atomic E-state index is -1.84. The van der Waals surface area contributed by atoms with Crippen molar-refractivity contribution in [2.24, 2.45) is 10.3 Å². The Hall–Kier alpha value is -1.29. The van der Waals surface area contributed by atoms with Crippen LogP contribution in [-0.4, -0.2) is 0 Å². The van der Waals surface area contributed by atoms with Gasteiger partial charge < -0.3 is 0 Å². The molecule has 0 saturated heterocycles. The Balaban J connectivity index is 2.44. The van der Waals surface area contributed by atoms with Crippen molar-refractivity contribution in [3.8, 4) is 0 Å². The minimum Gasteiger partial charge on any atom is -0.276 e. The maximum atomic E-state index is 6.22. The second kappa shape index (κ2) is 4.06. The Bertz CT molecular complexity index is 384. The molecule has 4 N–H and O–H groups in total. The van der Waals surface area contributed by atoms with E-state index in [2.05, 4.69) is 0 Å². The molecule has 2 aromatic rings. The average Bonchev–Trinajstić information content (AvgIpc) is 2.31. The van der Waals surface area contributed by atoms with Crippen LogP contribution in [0.3, 0.4) is 0 Å². The highest BCUT2D eigenvalue weighted by Gasteiger charge is 2.17. The molecular formula is C12H14N2S. The molecule has 0 spiro atoms. The van der Waals surface area contributed by atoms with E-state index in [1.54, 1.807) is 0 Å². The molecule has 2 rings (SSSR count). The summed E-state index contributed by atoms with van der Waals surface area (Å²) in [4.78, 5) is 1.99. The van der Waals surface area contributed by atoms with E-state index in [9.17, 15) is 0 Å². The molecule has 0 saturated carbocycles. The smallest absolute Gasteiger partial charge is 0.0194 e. The Morgan fingerprint density at radius 3 is 1.27 bits per heavy atom. The summed E-state index contributed by atoms with van der Waals surface area (Å²) in [5.74, 6) is 0. The lowest BCUT2D eigenvalue weighted by atomic mass is 10.4. The third-order valence-corrected chi connectivity index (χ3v) is 4.37. The molecule has 0 bridgehead atoms. The molecule has 0 unspecified atom stereocenters. The first-order valence-electron chi connectivity index (χ1n) is 4.70. The fourth-order valence-electron chi connectivity index (χ4n) is 1.43. The lowest BCUT2D eigenvalue weighted by Gasteiger charge is -2.31. The highest BCUT2D eigenvalue weighted by Crippen LogP contribution is 2.48. The van der Waals surface area contributed by atoms with Crippen LogP contribution in [0.4, 0.5) is 0 Å². The highest BCUT2D eigenvalue weighted by atomic mass is 32.3. The van der Waals surface area contributed by atoms with Crippen molar-refractivity contribution in [3.63, 3.8) is 0 Å². The summed E-state index contributed by atoms with van der Waals surface area (Å²) in [6, 6.07) is 19.7. The van der Waals surface area contributed by atoms with Crippen LogP contribution in [0.5, 0.6) is 0 Å². The van der Waals surface area contributed by atoms with Crippen molar-refractivity contribution in [1.82, 2.24) is 0 Å². The summed E-state index contributed by atoms with van der Waals surface area (Å²) in [5.41, 5.74) is 0. The van der Waals surface area contributed by atoms with E-state index in [1.165, 1.54) is 0 Å². The molecule has 0 aliphatic rings. The lowest BCUT2D eigenvalue weighted by Crippen LogP contribution is -2.20. The van der Waals surface area contributed by atoms with E-state index in [-0.39, 0.29) is 0 Å². The van der Waals surface area contributed by atoms with Gasteiger partial charge in [0.25, 0.3) is 0 Å². The van der Waals surface area contributed by atoms with Gasteiger partial charge >= 0.3 is 0 Å². The molecule has 15 heavy (non-hydrogen) atoms. The third kappa shape index (κ3) is 2.04. The van der Waals surface area contributed by atoms with E-state index in [0.717, 1.165) is 9.79 Å². The molecule has 0 aromatic heterocycles. The Kier molecular flexibility index (Phi) is 2.77. The van der Waals surface area contributed by atoms with Gasteiger partial charge in [-0.25, -0.2) is 0 Å². The summed E-state index contributed by atoms with van der Waals surface area (Å²) in [7, 11) is -1.84. The summed E-state index contributed by atoms with van der Waals surface area (Å²) in [6.07, 6.45) is 0. The Morgan fingerprint density at radius 1 is 0.600 bits per heavy atom. The number of hydrogen-bond acceptors (Lipinski definition) is 2. The van der Waals surface area contributed by atoms with Gasteiger partial charge in [-0.15, -0.1) is 0 Å². The second-order valence-electron chi connectivity index (χ2n) is 3.34. The summed E-state index contributed by atoms with van der Waals surface area (Å²) < 4.78 is 0. The highest BCUT2D eigenvalue weighted by molar-refractivity contribution is 8.30. The summed E-state index contributed by atoms with van der Waals surface area (Å²) >= 11 is 0. The average molecular weight is 218 g/mol. The van der Waals surface area contributed by atoms with Gasteiger partial charge in [0, 0.05) is 9.79 Å². The van der Waals surface area contributed by atoms with Crippen LogP contribution in [0.2, 0.25) is 0 Å². The van der Waals surface area contributed by atoms with E-state index in [4.69, 9.17) is 10.3 Å². The predicted molar refractivity (Wildman–Crippen MR) is 65.4 cm³/mol. The van der Waals surface area contributed by atoms with Gasteiger partial charge in [0.1, 0.15) is 0 Å². The van der Waals surface area contributed by atoms with Crippen LogP contribution in [-0.2, 0) is 0 Å². The summed E-state index contributed by atoms with van der Waals surface area (Å²) in [5, 5.41) is 12.4. The van der Waals surface area contributed by atoms with E-state index in [0.29, 0.717) is 0 Å². The van der Waals surface area contributed by atoms with Crippen molar-refractivity contribution in [3.05, 3.63) is 60.7 Å². The quantitative estimate of drug-likeness (QED) is 0.814. The van der Waals surface area contributed by atoms with Crippen LogP contribution in [0.25, 0.3) is 0 Å². The predicted octanol–water partition coefficient (Wildman–Crippen LogP) is 2.66. The SMILES string of the molecule is NS(N)(c1ccccc1)c1ccccc1. The topological polar surface area (TPSA) is 52.0 Å². The molecule has 2 aromatic carbocycles. The van der Waals surface area contributed by atoms with Crippen molar-refractivity contribution >= 4 is 10.4 Å². The first-order chi connectivity index (χ1) is 7.21. The number of nitrogens with two attached hydrogens (primary N) is 2. The summed E-state index contributed by atoms with van der Waals surface area (Å²) in [6.45, 7) is 0. The lowest BCUT2D eigenvalue weighted by molar-refractivity contribution is 1.32. The maximum absolute atomic E-state index is 6.22. The molecular weight excluding hydrogens is 204 g/mol. The molecule has 2 nitrogen and oxygen atoms in total. The zero-order valence-electron chi connectivity index (χ0n) is 8.34. The standard InChI is InChI=1S/C12H14N2S/c13-15(14,11-7-3-1-4-8-11)12-9-5-2-6-10-12/h1-10H,13-14H2. The minimum absolute atomic E-state index is 0.996. The third-order valence-electron chi connectivity index (χ3n) is 2.27.